The summed E-state index contributed by atoms with van der Waals surface area (Å²) in [6.07, 6.45) is 0. The van der Waals surface area contributed by atoms with Crippen molar-refractivity contribution >= 4 is 10.0 Å². The lowest BCUT2D eigenvalue weighted by atomic mass is 10.1. The molecule has 114 valence electrons. The first-order valence-corrected chi connectivity index (χ1v) is 8.37. The molecule has 1 fully saturated rings. The second kappa shape index (κ2) is 6.58. The summed E-state index contributed by atoms with van der Waals surface area (Å²) in [5.74, 6) is 5.64. The van der Waals surface area contributed by atoms with Gasteiger partial charge in [-0.1, -0.05) is 17.9 Å². The highest BCUT2D eigenvalue weighted by atomic mass is 32.2. The van der Waals surface area contributed by atoms with Crippen molar-refractivity contribution in [3.63, 3.8) is 0 Å². The van der Waals surface area contributed by atoms with E-state index in [1.807, 2.05) is 20.0 Å². The van der Waals surface area contributed by atoms with Gasteiger partial charge in [-0.05, 0) is 31.7 Å². The molecule has 0 aliphatic carbocycles. The number of nitrogens with zero attached hydrogens (tertiary/aromatic N) is 2. The first kappa shape index (κ1) is 16.0. The Labute approximate surface area is 126 Å². The molecule has 1 aliphatic heterocycles. The second-order valence-electron chi connectivity index (χ2n) is 5.19. The third-order valence-electron chi connectivity index (χ3n) is 3.60. The van der Waals surface area contributed by atoms with E-state index in [0.29, 0.717) is 23.5 Å². The second-order valence-corrected chi connectivity index (χ2v) is 7.10. The molecule has 1 heterocycles. The van der Waals surface area contributed by atoms with Crippen LogP contribution in [0, 0.1) is 18.8 Å². The van der Waals surface area contributed by atoms with Crippen molar-refractivity contribution in [3.05, 3.63) is 29.3 Å². The summed E-state index contributed by atoms with van der Waals surface area (Å²) in [6.45, 7) is 4.63. The van der Waals surface area contributed by atoms with Crippen LogP contribution in [0.4, 0.5) is 0 Å². The molecule has 0 aromatic heterocycles. The highest BCUT2D eigenvalue weighted by molar-refractivity contribution is 7.89. The minimum Gasteiger partial charge on any atom is -0.320 e. The van der Waals surface area contributed by atoms with Crippen molar-refractivity contribution in [2.75, 3.05) is 39.8 Å². The molecule has 0 spiro atoms. The maximum absolute atomic E-state index is 12.8. The Hall–Kier alpha value is -1.39. The van der Waals surface area contributed by atoms with Gasteiger partial charge in [0.1, 0.15) is 0 Å². The molecule has 1 aromatic rings. The molecule has 0 amide bonds. The molecule has 1 saturated heterocycles. The van der Waals surface area contributed by atoms with Gasteiger partial charge in [0, 0.05) is 31.7 Å². The lowest BCUT2D eigenvalue weighted by Crippen LogP contribution is -2.47. The van der Waals surface area contributed by atoms with Crippen LogP contribution in [0.5, 0.6) is 0 Å². The molecule has 1 aliphatic rings. The fraction of sp³-hybridized carbons (Fsp3) is 0.467. The summed E-state index contributed by atoms with van der Waals surface area (Å²) in [4.78, 5) is 2.47. The van der Waals surface area contributed by atoms with Crippen molar-refractivity contribution < 1.29 is 8.42 Å². The Morgan fingerprint density at radius 3 is 2.52 bits per heavy atom. The summed E-state index contributed by atoms with van der Waals surface area (Å²) in [5.41, 5.74) is 6.78. The van der Waals surface area contributed by atoms with Gasteiger partial charge in [-0.3, -0.25) is 0 Å². The van der Waals surface area contributed by atoms with Crippen LogP contribution in [0.2, 0.25) is 0 Å². The van der Waals surface area contributed by atoms with E-state index in [-0.39, 0.29) is 6.54 Å². The summed E-state index contributed by atoms with van der Waals surface area (Å²) in [7, 11) is -1.46. The maximum Gasteiger partial charge on any atom is 0.243 e. The van der Waals surface area contributed by atoms with E-state index in [4.69, 9.17) is 5.73 Å². The zero-order valence-electron chi connectivity index (χ0n) is 12.5. The van der Waals surface area contributed by atoms with Crippen LogP contribution in [0.25, 0.3) is 0 Å². The fourth-order valence-corrected chi connectivity index (χ4v) is 3.95. The van der Waals surface area contributed by atoms with Gasteiger partial charge in [-0.2, -0.15) is 4.31 Å². The number of aryl methyl sites for hydroxylation is 1. The van der Waals surface area contributed by atoms with Crippen molar-refractivity contribution in [1.82, 2.24) is 9.21 Å². The topological polar surface area (TPSA) is 66.6 Å². The van der Waals surface area contributed by atoms with Gasteiger partial charge in [-0.15, -0.1) is 0 Å². The third-order valence-corrected chi connectivity index (χ3v) is 5.64. The molecule has 2 N–H and O–H groups in total. The molecule has 0 saturated carbocycles. The summed E-state index contributed by atoms with van der Waals surface area (Å²) in [6, 6.07) is 5.26. The van der Waals surface area contributed by atoms with Crippen molar-refractivity contribution in [3.8, 4) is 11.8 Å². The normalized spacial score (nSPS) is 17.3. The van der Waals surface area contributed by atoms with Gasteiger partial charge < -0.3 is 10.6 Å². The average Bonchev–Trinajstić information content (AvgIpc) is 2.46. The first-order valence-electron chi connectivity index (χ1n) is 6.93. The largest absolute Gasteiger partial charge is 0.320 e. The fourth-order valence-electron chi connectivity index (χ4n) is 2.28. The Kier molecular flexibility index (Phi) is 5.01. The highest BCUT2D eigenvalue weighted by Crippen LogP contribution is 2.22. The number of nitrogens with two attached hydrogens (primary N) is 1. The predicted molar refractivity (Wildman–Crippen MR) is 83.4 cm³/mol. The number of benzene rings is 1. The molecule has 0 radical (unpaired) electrons. The molecular weight excluding hydrogens is 286 g/mol. The van der Waals surface area contributed by atoms with E-state index >= 15 is 0 Å². The minimum absolute atomic E-state index is 0.258. The monoisotopic (exact) mass is 307 g/mol. The lowest BCUT2D eigenvalue weighted by Gasteiger charge is -2.31. The van der Waals surface area contributed by atoms with E-state index in [1.54, 1.807) is 16.4 Å². The van der Waals surface area contributed by atoms with Crippen LogP contribution in [0.3, 0.4) is 0 Å². The number of hydrogen-bond acceptors (Lipinski definition) is 4. The molecule has 1 aromatic carbocycles. The van der Waals surface area contributed by atoms with Crippen LogP contribution in [0.15, 0.2) is 23.1 Å². The van der Waals surface area contributed by atoms with Gasteiger partial charge >= 0.3 is 0 Å². The molecule has 2 rings (SSSR count). The van der Waals surface area contributed by atoms with E-state index in [9.17, 15) is 8.42 Å². The highest BCUT2D eigenvalue weighted by Gasteiger charge is 2.28. The number of sulfonamides is 1. The van der Waals surface area contributed by atoms with Gasteiger partial charge in [-0.25, -0.2) is 8.42 Å². The van der Waals surface area contributed by atoms with Gasteiger partial charge in [0.05, 0.1) is 11.4 Å². The van der Waals surface area contributed by atoms with Crippen LogP contribution in [0.1, 0.15) is 11.1 Å². The minimum atomic E-state index is -3.46. The smallest absolute Gasteiger partial charge is 0.243 e. The average molecular weight is 307 g/mol. The van der Waals surface area contributed by atoms with E-state index < -0.39 is 10.0 Å². The Morgan fingerprint density at radius 2 is 1.90 bits per heavy atom. The maximum atomic E-state index is 12.8. The Bertz CT molecular complexity index is 666. The first-order chi connectivity index (χ1) is 9.95. The number of piperazine rings is 1. The SMILES string of the molecule is Cc1ccc(C#CCN)cc1S(=O)(=O)N1CCN(C)CC1. The van der Waals surface area contributed by atoms with E-state index in [0.717, 1.165) is 18.7 Å². The molecular formula is C15H21N3O2S. The van der Waals surface area contributed by atoms with Crippen LogP contribution in [-0.2, 0) is 10.0 Å². The van der Waals surface area contributed by atoms with E-state index in [1.165, 1.54) is 0 Å². The molecule has 5 nitrogen and oxygen atoms in total. The van der Waals surface area contributed by atoms with Crippen molar-refractivity contribution in [2.24, 2.45) is 5.73 Å². The molecule has 6 heteroatoms. The Balaban J connectivity index is 2.35. The summed E-state index contributed by atoms with van der Waals surface area (Å²) in [5, 5.41) is 0. The molecule has 0 unspecified atom stereocenters. The van der Waals surface area contributed by atoms with Crippen LogP contribution >= 0.6 is 0 Å². The zero-order valence-corrected chi connectivity index (χ0v) is 13.3. The lowest BCUT2D eigenvalue weighted by molar-refractivity contribution is 0.222. The summed E-state index contributed by atoms with van der Waals surface area (Å²) >= 11 is 0. The van der Waals surface area contributed by atoms with E-state index in [2.05, 4.69) is 16.7 Å². The van der Waals surface area contributed by atoms with Crippen LogP contribution < -0.4 is 5.73 Å². The zero-order chi connectivity index (χ0) is 15.5. The Morgan fingerprint density at radius 1 is 1.24 bits per heavy atom. The molecule has 0 atom stereocenters. The molecule has 0 bridgehead atoms. The molecule has 21 heavy (non-hydrogen) atoms. The van der Waals surface area contributed by atoms with Gasteiger partial charge in [0.15, 0.2) is 0 Å². The summed E-state index contributed by atoms with van der Waals surface area (Å²) < 4.78 is 27.1. The number of hydrogen-bond donors (Lipinski definition) is 1. The number of rotatable bonds is 2. The van der Waals surface area contributed by atoms with Crippen LogP contribution in [-0.4, -0.2) is 57.4 Å². The predicted octanol–water partition coefficient (Wildman–Crippen LogP) is 0.241. The third kappa shape index (κ3) is 3.63. The van der Waals surface area contributed by atoms with Crippen molar-refractivity contribution in [1.29, 1.82) is 0 Å². The van der Waals surface area contributed by atoms with Gasteiger partial charge in [0.25, 0.3) is 0 Å². The van der Waals surface area contributed by atoms with Crippen molar-refractivity contribution in [2.45, 2.75) is 11.8 Å². The quantitative estimate of drug-likeness (QED) is 0.795. The van der Waals surface area contributed by atoms with Gasteiger partial charge in [0.2, 0.25) is 10.0 Å². The number of likely N-dealkylation sites (N-methyl/N-ethyl adjacent to an activating group) is 1. The standard InChI is InChI=1S/C15H21N3O2S/c1-13-5-6-14(4-3-7-16)12-15(13)21(19,20)18-10-8-17(2)9-11-18/h5-6,12H,7-11,16H2,1-2H3.